The molecule has 19 heavy (non-hydrogen) atoms. The van der Waals surface area contributed by atoms with Gasteiger partial charge in [0, 0.05) is 11.6 Å². The third kappa shape index (κ3) is 2.83. The molecule has 3 nitrogen and oxygen atoms in total. The van der Waals surface area contributed by atoms with Crippen LogP contribution in [-0.2, 0) is 6.54 Å². The fraction of sp³-hybridized carbons (Fsp3) is 0.0667. The molecule has 0 aliphatic heterocycles. The Labute approximate surface area is 116 Å². The number of fused-ring (bicyclic) bond motifs is 1. The summed E-state index contributed by atoms with van der Waals surface area (Å²) in [6, 6.07) is 15.6. The first-order chi connectivity index (χ1) is 9.31. The summed E-state index contributed by atoms with van der Waals surface area (Å²) >= 11 is 5.95. The van der Waals surface area contributed by atoms with Crippen molar-refractivity contribution in [1.29, 1.82) is 0 Å². The molecule has 0 saturated heterocycles. The van der Waals surface area contributed by atoms with Gasteiger partial charge in [0.05, 0.1) is 17.2 Å². The SMILES string of the molecule is Clc1cccc(CNc2cnc3ccccc3n2)c1. The van der Waals surface area contributed by atoms with E-state index in [0.29, 0.717) is 6.54 Å². The standard InChI is InChI=1S/C15H12ClN3/c16-12-5-3-4-11(8-12)9-18-15-10-17-13-6-1-2-7-14(13)19-15/h1-8,10H,9H2,(H,18,19). The second-order valence-corrected chi connectivity index (χ2v) is 4.66. The molecule has 3 aromatic rings. The monoisotopic (exact) mass is 269 g/mol. The molecule has 0 atom stereocenters. The summed E-state index contributed by atoms with van der Waals surface area (Å²) in [6.07, 6.45) is 1.74. The highest BCUT2D eigenvalue weighted by Crippen LogP contribution is 2.14. The molecule has 0 aliphatic carbocycles. The van der Waals surface area contributed by atoms with E-state index in [9.17, 15) is 0 Å². The number of para-hydroxylation sites is 2. The van der Waals surface area contributed by atoms with Gasteiger partial charge in [0.1, 0.15) is 5.82 Å². The zero-order valence-electron chi connectivity index (χ0n) is 10.2. The third-order valence-electron chi connectivity index (χ3n) is 2.81. The lowest BCUT2D eigenvalue weighted by molar-refractivity contribution is 1.11. The molecule has 0 amide bonds. The molecule has 0 spiro atoms. The van der Waals surface area contributed by atoms with Crippen molar-refractivity contribution in [2.75, 3.05) is 5.32 Å². The van der Waals surface area contributed by atoms with E-state index < -0.39 is 0 Å². The normalized spacial score (nSPS) is 10.6. The van der Waals surface area contributed by atoms with E-state index in [1.165, 1.54) is 0 Å². The number of nitrogens with one attached hydrogen (secondary N) is 1. The van der Waals surface area contributed by atoms with Crippen molar-refractivity contribution in [1.82, 2.24) is 9.97 Å². The van der Waals surface area contributed by atoms with Gasteiger partial charge < -0.3 is 5.32 Å². The summed E-state index contributed by atoms with van der Waals surface area (Å²) in [4.78, 5) is 8.87. The minimum Gasteiger partial charge on any atom is -0.365 e. The summed E-state index contributed by atoms with van der Waals surface area (Å²) in [5.41, 5.74) is 2.90. The van der Waals surface area contributed by atoms with Crippen LogP contribution in [0.15, 0.2) is 54.7 Å². The fourth-order valence-corrected chi connectivity index (χ4v) is 2.09. The van der Waals surface area contributed by atoms with E-state index >= 15 is 0 Å². The molecule has 0 saturated carbocycles. The van der Waals surface area contributed by atoms with Crippen molar-refractivity contribution >= 4 is 28.5 Å². The van der Waals surface area contributed by atoms with Gasteiger partial charge >= 0.3 is 0 Å². The Morgan fingerprint density at radius 1 is 1.00 bits per heavy atom. The highest BCUT2D eigenvalue weighted by Gasteiger charge is 1.99. The second kappa shape index (κ2) is 5.24. The molecule has 0 bridgehead atoms. The molecule has 94 valence electrons. The average Bonchev–Trinajstić information content (AvgIpc) is 2.45. The molecule has 1 N–H and O–H groups in total. The lowest BCUT2D eigenvalue weighted by Gasteiger charge is -2.06. The van der Waals surface area contributed by atoms with Crippen LogP contribution in [0.2, 0.25) is 5.02 Å². The first kappa shape index (κ1) is 11.9. The number of halogens is 1. The molecular weight excluding hydrogens is 258 g/mol. The number of anilines is 1. The van der Waals surface area contributed by atoms with Crippen LogP contribution in [-0.4, -0.2) is 9.97 Å². The number of benzene rings is 2. The molecule has 0 unspecified atom stereocenters. The van der Waals surface area contributed by atoms with Crippen LogP contribution >= 0.6 is 11.6 Å². The molecular formula is C15H12ClN3. The lowest BCUT2D eigenvalue weighted by Crippen LogP contribution is -2.02. The highest BCUT2D eigenvalue weighted by molar-refractivity contribution is 6.30. The van der Waals surface area contributed by atoms with E-state index in [0.717, 1.165) is 27.4 Å². The smallest absolute Gasteiger partial charge is 0.145 e. The van der Waals surface area contributed by atoms with E-state index in [2.05, 4.69) is 15.3 Å². The maximum Gasteiger partial charge on any atom is 0.145 e. The molecule has 3 rings (SSSR count). The van der Waals surface area contributed by atoms with Gasteiger partial charge in [-0.3, -0.25) is 4.98 Å². The third-order valence-corrected chi connectivity index (χ3v) is 3.05. The number of hydrogen-bond acceptors (Lipinski definition) is 3. The average molecular weight is 270 g/mol. The van der Waals surface area contributed by atoms with E-state index in [-0.39, 0.29) is 0 Å². The lowest BCUT2D eigenvalue weighted by atomic mass is 10.2. The maximum absolute atomic E-state index is 5.95. The van der Waals surface area contributed by atoms with Crippen molar-refractivity contribution in [2.45, 2.75) is 6.54 Å². The van der Waals surface area contributed by atoms with Gasteiger partial charge in [-0.1, -0.05) is 35.9 Å². The molecule has 0 fully saturated rings. The van der Waals surface area contributed by atoms with Crippen LogP contribution < -0.4 is 5.32 Å². The van der Waals surface area contributed by atoms with Crippen LogP contribution in [0.5, 0.6) is 0 Å². The quantitative estimate of drug-likeness (QED) is 0.784. The van der Waals surface area contributed by atoms with Crippen molar-refractivity contribution in [3.8, 4) is 0 Å². The van der Waals surface area contributed by atoms with E-state index in [1.54, 1.807) is 6.20 Å². The first-order valence-corrected chi connectivity index (χ1v) is 6.39. The topological polar surface area (TPSA) is 37.8 Å². The summed E-state index contributed by atoms with van der Waals surface area (Å²) in [6.45, 7) is 0.674. The van der Waals surface area contributed by atoms with Crippen LogP contribution in [0.4, 0.5) is 5.82 Å². The van der Waals surface area contributed by atoms with Gasteiger partial charge in [-0.05, 0) is 29.8 Å². The maximum atomic E-state index is 5.95. The van der Waals surface area contributed by atoms with Gasteiger partial charge in [0.2, 0.25) is 0 Å². The Morgan fingerprint density at radius 3 is 2.68 bits per heavy atom. The summed E-state index contributed by atoms with van der Waals surface area (Å²) in [5, 5.41) is 3.99. The molecule has 1 aromatic heterocycles. The zero-order chi connectivity index (χ0) is 13.1. The zero-order valence-corrected chi connectivity index (χ0v) is 10.9. The second-order valence-electron chi connectivity index (χ2n) is 4.23. The van der Waals surface area contributed by atoms with Crippen LogP contribution in [0.3, 0.4) is 0 Å². The Kier molecular flexibility index (Phi) is 3.29. The Morgan fingerprint density at radius 2 is 1.84 bits per heavy atom. The van der Waals surface area contributed by atoms with Gasteiger partial charge in [-0.25, -0.2) is 4.98 Å². The summed E-state index contributed by atoms with van der Waals surface area (Å²) in [7, 11) is 0. The minimum atomic E-state index is 0.674. The van der Waals surface area contributed by atoms with Gasteiger partial charge in [-0.15, -0.1) is 0 Å². The number of hydrogen-bond donors (Lipinski definition) is 1. The molecule has 0 radical (unpaired) electrons. The number of rotatable bonds is 3. The largest absolute Gasteiger partial charge is 0.365 e. The Balaban J connectivity index is 1.78. The van der Waals surface area contributed by atoms with Gasteiger partial charge in [0.25, 0.3) is 0 Å². The molecule has 2 aromatic carbocycles. The van der Waals surface area contributed by atoms with E-state index in [4.69, 9.17) is 11.6 Å². The van der Waals surface area contributed by atoms with Crippen molar-refractivity contribution < 1.29 is 0 Å². The molecule has 4 heteroatoms. The Bertz CT molecular complexity index is 712. The van der Waals surface area contributed by atoms with Crippen LogP contribution in [0, 0.1) is 0 Å². The predicted octanol–water partition coefficient (Wildman–Crippen LogP) is 3.90. The first-order valence-electron chi connectivity index (χ1n) is 6.01. The minimum absolute atomic E-state index is 0.674. The van der Waals surface area contributed by atoms with Crippen LogP contribution in [0.1, 0.15) is 5.56 Å². The fourth-order valence-electron chi connectivity index (χ4n) is 1.88. The van der Waals surface area contributed by atoms with Gasteiger partial charge in [-0.2, -0.15) is 0 Å². The van der Waals surface area contributed by atoms with Crippen LogP contribution in [0.25, 0.3) is 11.0 Å². The summed E-state index contributed by atoms with van der Waals surface area (Å²) < 4.78 is 0. The Hall–Kier alpha value is -2.13. The molecule has 0 aliphatic rings. The highest BCUT2D eigenvalue weighted by atomic mass is 35.5. The van der Waals surface area contributed by atoms with Crippen molar-refractivity contribution in [3.63, 3.8) is 0 Å². The number of nitrogens with zero attached hydrogens (tertiary/aromatic N) is 2. The van der Waals surface area contributed by atoms with Crippen molar-refractivity contribution in [3.05, 3.63) is 65.3 Å². The number of aromatic nitrogens is 2. The van der Waals surface area contributed by atoms with Gasteiger partial charge in [0.15, 0.2) is 0 Å². The van der Waals surface area contributed by atoms with E-state index in [1.807, 2.05) is 48.5 Å². The molecule has 1 heterocycles. The van der Waals surface area contributed by atoms with Crippen molar-refractivity contribution in [2.24, 2.45) is 0 Å². The predicted molar refractivity (Wildman–Crippen MR) is 78.3 cm³/mol. The summed E-state index contributed by atoms with van der Waals surface area (Å²) in [5.74, 6) is 0.763.